The summed E-state index contributed by atoms with van der Waals surface area (Å²) in [4.78, 5) is 13.3. The van der Waals surface area contributed by atoms with Crippen LogP contribution in [0.5, 0.6) is 0 Å². The molecule has 2 aliphatic heterocycles. The molecule has 2 heterocycles. The van der Waals surface area contributed by atoms with Gasteiger partial charge >= 0.3 is 0 Å². The second kappa shape index (κ2) is 47.5. The first-order chi connectivity index (χ1) is 36.6. The van der Waals surface area contributed by atoms with Gasteiger partial charge < -0.3 is 65.1 Å². The molecule has 75 heavy (non-hydrogen) atoms. The van der Waals surface area contributed by atoms with Gasteiger partial charge in [0.2, 0.25) is 5.91 Å². The van der Waals surface area contributed by atoms with E-state index in [-0.39, 0.29) is 12.5 Å². The molecule has 0 aliphatic carbocycles. The Kier molecular flexibility index (Phi) is 44.3. The van der Waals surface area contributed by atoms with Crippen molar-refractivity contribution in [3.8, 4) is 0 Å². The number of rotatable bonds is 51. The highest BCUT2D eigenvalue weighted by atomic mass is 16.7. The van der Waals surface area contributed by atoms with Gasteiger partial charge in [0.25, 0.3) is 0 Å². The van der Waals surface area contributed by atoms with E-state index in [1.54, 1.807) is 0 Å². The van der Waals surface area contributed by atoms with E-state index in [2.05, 4.69) is 31.3 Å². The molecule has 0 radical (unpaired) electrons. The number of unbranched alkanes of at least 4 members (excludes halogenated alkanes) is 36. The Morgan fingerprint density at radius 1 is 0.467 bits per heavy atom. The van der Waals surface area contributed by atoms with Gasteiger partial charge in [0, 0.05) is 6.42 Å². The molecule has 2 saturated heterocycles. The molecule has 0 aromatic heterocycles. The van der Waals surface area contributed by atoms with Gasteiger partial charge in [-0.05, 0) is 38.5 Å². The Morgan fingerprint density at radius 2 is 0.840 bits per heavy atom. The van der Waals surface area contributed by atoms with Crippen molar-refractivity contribution in [3.05, 3.63) is 12.2 Å². The van der Waals surface area contributed by atoms with Crippen molar-refractivity contribution < 1.29 is 64.6 Å². The summed E-state index contributed by atoms with van der Waals surface area (Å²) in [7, 11) is 0. The number of carbonyl (C=O) groups excluding carboxylic acids is 1. The maximum absolute atomic E-state index is 13.3. The quantitative estimate of drug-likeness (QED) is 0.0204. The van der Waals surface area contributed by atoms with Gasteiger partial charge in [0.1, 0.15) is 48.8 Å². The van der Waals surface area contributed by atoms with Crippen LogP contribution in [0.15, 0.2) is 12.2 Å². The summed E-state index contributed by atoms with van der Waals surface area (Å²) in [6.45, 7) is 2.88. The lowest BCUT2D eigenvalue weighted by atomic mass is 9.97. The molecule has 14 nitrogen and oxygen atoms in total. The largest absolute Gasteiger partial charge is 0.394 e. The van der Waals surface area contributed by atoms with E-state index in [1.165, 1.54) is 199 Å². The van der Waals surface area contributed by atoms with Crippen LogP contribution in [-0.2, 0) is 23.7 Å². The number of nitrogens with one attached hydrogen (secondary N) is 1. The molecule has 12 unspecified atom stereocenters. The fourth-order valence-corrected chi connectivity index (χ4v) is 10.6. The smallest absolute Gasteiger partial charge is 0.220 e. The number of allylic oxidation sites excluding steroid dienone is 2. The zero-order chi connectivity index (χ0) is 54.6. The summed E-state index contributed by atoms with van der Waals surface area (Å²) in [6.07, 6.45) is 38.1. The molecule has 2 aliphatic rings. The van der Waals surface area contributed by atoms with E-state index < -0.39 is 86.8 Å². The lowest BCUT2D eigenvalue weighted by Crippen LogP contribution is -2.65. The first-order valence-corrected chi connectivity index (χ1v) is 31.4. The van der Waals surface area contributed by atoms with Crippen molar-refractivity contribution in [1.29, 1.82) is 0 Å². The van der Waals surface area contributed by atoms with E-state index in [0.717, 1.165) is 51.4 Å². The molecule has 444 valence electrons. The monoisotopic (exact) mass is 1070 g/mol. The predicted molar refractivity (Wildman–Crippen MR) is 300 cm³/mol. The summed E-state index contributed by atoms with van der Waals surface area (Å²) in [5, 5.41) is 87.2. The Hall–Kier alpha value is -1.27. The lowest BCUT2D eigenvalue weighted by Gasteiger charge is -2.46. The molecule has 14 heteroatoms. The van der Waals surface area contributed by atoms with Crippen LogP contribution in [0.2, 0.25) is 0 Å². The minimum Gasteiger partial charge on any atom is -0.394 e. The number of ether oxygens (including phenoxy) is 4. The molecule has 1 amide bonds. The van der Waals surface area contributed by atoms with Gasteiger partial charge in [-0.2, -0.15) is 0 Å². The van der Waals surface area contributed by atoms with Crippen LogP contribution in [0.3, 0.4) is 0 Å². The number of amides is 1. The maximum Gasteiger partial charge on any atom is 0.220 e. The van der Waals surface area contributed by atoms with E-state index in [1.807, 2.05) is 0 Å². The van der Waals surface area contributed by atoms with Gasteiger partial charge in [-0.15, -0.1) is 0 Å². The molecule has 2 fully saturated rings. The van der Waals surface area contributed by atoms with Crippen molar-refractivity contribution in [2.45, 2.75) is 351 Å². The second-order valence-electron chi connectivity index (χ2n) is 22.5. The minimum absolute atomic E-state index is 0.202. The Morgan fingerprint density at radius 3 is 1.27 bits per heavy atom. The third-order valence-electron chi connectivity index (χ3n) is 15.7. The van der Waals surface area contributed by atoms with Crippen LogP contribution < -0.4 is 5.32 Å². The molecule has 0 aromatic rings. The summed E-state index contributed by atoms with van der Waals surface area (Å²) in [5.74, 6) is -0.202. The molecule has 0 aromatic carbocycles. The fraction of sp³-hybridized carbons (Fsp3) is 0.951. The summed E-state index contributed by atoms with van der Waals surface area (Å²) < 4.78 is 22.8. The van der Waals surface area contributed by atoms with Gasteiger partial charge in [-0.1, -0.05) is 244 Å². The average molecular weight is 1070 g/mol. The topological polar surface area (TPSA) is 228 Å². The van der Waals surface area contributed by atoms with E-state index in [0.29, 0.717) is 12.8 Å². The first kappa shape index (κ1) is 69.8. The highest BCUT2D eigenvalue weighted by molar-refractivity contribution is 5.76. The third-order valence-corrected chi connectivity index (χ3v) is 15.7. The van der Waals surface area contributed by atoms with Crippen molar-refractivity contribution in [1.82, 2.24) is 5.32 Å². The second-order valence-corrected chi connectivity index (χ2v) is 22.5. The van der Waals surface area contributed by atoms with Crippen molar-refractivity contribution in [2.24, 2.45) is 0 Å². The number of hydrogen-bond donors (Lipinski definition) is 9. The van der Waals surface area contributed by atoms with Gasteiger partial charge in [0.15, 0.2) is 12.6 Å². The van der Waals surface area contributed by atoms with Gasteiger partial charge in [-0.25, -0.2) is 0 Å². The van der Waals surface area contributed by atoms with E-state index in [9.17, 15) is 45.6 Å². The van der Waals surface area contributed by atoms with E-state index in [4.69, 9.17) is 18.9 Å². The normalized spacial score (nSPS) is 25.0. The Bertz CT molecular complexity index is 1310. The molecule has 12 atom stereocenters. The molecule has 2 rings (SSSR count). The molecule has 0 saturated carbocycles. The lowest BCUT2D eigenvalue weighted by molar-refractivity contribution is -0.359. The van der Waals surface area contributed by atoms with Crippen LogP contribution >= 0.6 is 0 Å². The molecular weight excluding hydrogens is 955 g/mol. The van der Waals surface area contributed by atoms with Crippen molar-refractivity contribution in [3.63, 3.8) is 0 Å². The van der Waals surface area contributed by atoms with Crippen LogP contribution in [0.4, 0.5) is 0 Å². The number of carbonyl (C=O) groups is 1. The van der Waals surface area contributed by atoms with Gasteiger partial charge in [-0.3, -0.25) is 4.79 Å². The maximum atomic E-state index is 13.3. The Labute approximate surface area is 456 Å². The number of hydrogen-bond acceptors (Lipinski definition) is 13. The SMILES string of the molecule is CCCCCCCCCC/C=C\CCCCCCCCCCCCCCCCCCCC(=O)NC(COC1OC(CO)C(OC2OC(CO)C(O)C(O)C2O)C(O)C1O)C(O)CCCCCCCCCCCCCC. The standard InChI is InChI=1S/C61H117NO13/c1-3-5-7-9-11-13-15-17-18-19-20-21-22-23-24-25-26-27-28-29-30-31-32-33-35-37-39-41-43-45-53(66)62-49(50(65)44-42-40-38-36-34-16-14-12-10-8-6-4-2)48-72-60-58(71)56(69)59(52(47-64)74-60)75-61-57(70)55(68)54(67)51(46-63)73-61/h19-20,49-52,54-61,63-65,67-71H,3-18,21-48H2,1-2H3,(H,62,66)/b20-19-. The minimum atomic E-state index is -1.78. The zero-order valence-electron chi connectivity index (χ0n) is 47.8. The van der Waals surface area contributed by atoms with Crippen LogP contribution in [0.25, 0.3) is 0 Å². The van der Waals surface area contributed by atoms with E-state index >= 15 is 0 Å². The molecule has 9 N–H and O–H groups in total. The number of aliphatic hydroxyl groups is 8. The van der Waals surface area contributed by atoms with Crippen LogP contribution in [0, 0.1) is 0 Å². The average Bonchev–Trinajstić information content (AvgIpc) is 3.41. The third kappa shape index (κ3) is 33.2. The first-order valence-electron chi connectivity index (χ1n) is 31.4. The van der Waals surface area contributed by atoms with Gasteiger partial charge in [0.05, 0.1) is 32.0 Å². The van der Waals surface area contributed by atoms with Crippen molar-refractivity contribution in [2.75, 3.05) is 19.8 Å². The predicted octanol–water partition coefficient (Wildman–Crippen LogP) is 11.1. The molecular formula is C61H117NO13. The summed E-state index contributed by atoms with van der Waals surface area (Å²) >= 11 is 0. The highest BCUT2D eigenvalue weighted by Gasteiger charge is 2.51. The summed E-state index contributed by atoms with van der Waals surface area (Å²) in [5.41, 5.74) is 0. The molecule has 0 spiro atoms. The fourth-order valence-electron chi connectivity index (χ4n) is 10.6. The Balaban J connectivity index is 1.64. The summed E-state index contributed by atoms with van der Waals surface area (Å²) in [6, 6.07) is -0.824. The molecule has 0 bridgehead atoms. The number of aliphatic hydroxyl groups excluding tert-OH is 8. The van der Waals surface area contributed by atoms with Crippen molar-refractivity contribution >= 4 is 5.91 Å². The van der Waals surface area contributed by atoms with Crippen LogP contribution in [-0.4, -0.2) is 140 Å². The van der Waals surface area contributed by atoms with Crippen LogP contribution in [0.1, 0.15) is 277 Å². The highest BCUT2D eigenvalue weighted by Crippen LogP contribution is 2.30. The zero-order valence-corrected chi connectivity index (χ0v) is 47.8.